The molecule has 0 aliphatic heterocycles. The van der Waals surface area contributed by atoms with Gasteiger partial charge in [-0.1, -0.05) is 30.3 Å². The van der Waals surface area contributed by atoms with Crippen LogP contribution in [-0.4, -0.2) is 25.1 Å². The number of nitrogens with zero attached hydrogens (tertiary/aromatic N) is 4. The van der Waals surface area contributed by atoms with Crippen LogP contribution in [0.25, 0.3) is 11.2 Å². The van der Waals surface area contributed by atoms with E-state index in [0.29, 0.717) is 5.88 Å². The summed E-state index contributed by atoms with van der Waals surface area (Å²) in [4.78, 5) is 13.0. The monoisotopic (exact) mass is 280 g/mol. The molecule has 1 saturated carbocycles. The molecule has 0 unspecified atom stereocenters. The van der Waals surface area contributed by atoms with Gasteiger partial charge in [0, 0.05) is 0 Å². The quantitative estimate of drug-likeness (QED) is 0.737. The zero-order chi connectivity index (χ0) is 14.3. The molecule has 0 N–H and O–H groups in total. The fourth-order valence-corrected chi connectivity index (χ4v) is 2.34. The molecule has 4 rings (SSSR count). The number of ether oxygens (including phenoxy) is 1. The summed E-state index contributed by atoms with van der Waals surface area (Å²) in [6.45, 7) is 2.84. The third-order valence-corrected chi connectivity index (χ3v) is 3.86. The van der Waals surface area contributed by atoms with Crippen LogP contribution in [-0.2, 0) is 6.54 Å². The van der Waals surface area contributed by atoms with E-state index in [1.165, 1.54) is 5.56 Å². The Morgan fingerprint density at radius 2 is 1.95 bits per heavy atom. The maximum atomic E-state index is 5.96. The van der Waals surface area contributed by atoms with Crippen LogP contribution in [0.15, 0.2) is 43.0 Å². The largest absolute Gasteiger partial charge is 0.470 e. The third kappa shape index (κ3) is 2.35. The van der Waals surface area contributed by atoms with Crippen LogP contribution in [0, 0.1) is 0 Å². The Kier molecular flexibility index (Phi) is 2.67. The van der Waals surface area contributed by atoms with Crippen molar-refractivity contribution in [3.8, 4) is 5.88 Å². The van der Waals surface area contributed by atoms with Gasteiger partial charge in [0.25, 0.3) is 0 Å². The van der Waals surface area contributed by atoms with Crippen molar-refractivity contribution in [2.75, 3.05) is 0 Å². The van der Waals surface area contributed by atoms with Gasteiger partial charge in [-0.05, 0) is 25.3 Å². The molecule has 0 atom stereocenters. The fourth-order valence-electron chi connectivity index (χ4n) is 2.34. The zero-order valence-electron chi connectivity index (χ0n) is 11.9. The molecule has 2 aromatic heterocycles. The van der Waals surface area contributed by atoms with Crippen LogP contribution in [0.2, 0.25) is 0 Å². The van der Waals surface area contributed by atoms with Crippen LogP contribution >= 0.6 is 0 Å². The van der Waals surface area contributed by atoms with Crippen molar-refractivity contribution in [3.63, 3.8) is 0 Å². The van der Waals surface area contributed by atoms with Gasteiger partial charge in [-0.3, -0.25) is 0 Å². The average Bonchev–Trinajstić information content (AvgIpc) is 3.08. The lowest BCUT2D eigenvalue weighted by atomic mass is 10.2. The van der Waals surface area contributed by atoms with Crippen molar-refractivity contribution < 1.29 is 4.74 Å². The Labute approximate surface area is 122 Å². The molecule has 2 heterocycles. The molecule has 0 amide bonds. The number of fused-ring (bicyclic) bond motifs is 1. The van der Waals surface area contributed by atoms with Gasteiger partial charge in [-0.2, -0.15) is 4.98 Å². The summed E-state index contributed by atoms with van der Waals surface area (Å²) in [5, 5.41) is 0. The van der Waals surface area contributed by atoms with E-state index >= 15 is 0 Å². The van der Waals surface area contributed by atoms with Gasteiger partial charge in [-0.15, -0.1) is 0 Å². The second-order valence-corrected chi connectivity index (χ2v) is 5.76. The molecule has 0 bridgehead atoms. The van der Waals surface area contributed by atoms with Gasteiger partial charge in [-0.25, -0.2) is 9.97 Å². The summed E-state index contributed by atoms with van der Waals surface area (Å²) in [7, 11) is 0. The maximum Gasteiger partial charge on any atom is 0.245 e. The SMILES string of the molecule is CC1(Oc2ncnc3c2ncn3Cc2ccccc2)CC1. The highest BCUT2D eigenvalue weighted by atomic mass is 16.5. The predicted octanol–water partition coefficient (Wildman–Crippen LogP) is 2.81. The topological polar surface area (TPSA) is 52.8 Å². The first-order valence-corrected chi connectivity index (χ1v) is 7.12. The van der Waals surface area contributed by atoms with E-state index in [2.05, 4.69) is 34.0 Å². The van der Waals surface area contributed by atoms with Crippen molar-refractivity contribution in [1.29, 1.82) is 0 Å². The predicted molar refractivity (Wildman–Crippen MR) is 79.1 cm³/mol. The van der Waals surface area contributed by atoms with Gasteiger partial charge < -0.3 is 9.30 Å². The summed E-state index contributed by atoms with van der Waals surface area (Å²) < 4.78 is 7.98. The van der Waals surface area contributed by atoms with Crippen LogP contribution in [0.4, 0.5) is 0 Å². The summed E-state index contributed by atoms with van der Waals surface area (Å²) in [6.07, 6.45) is 5.49. The van der Waals surface area contributed by atoms with E-state index < -0.39 is 0 Å². The molecule has 1 aliphatic rings. The van der Waals surface area contributed by atoms with Crippen molar-refractivity contribution >= 4 is 11.2 Å². The minimum absolute atomic E-state index is 0.0650. The zero-order valence-corrected chi connectivity index (χ0v) is 11.9. The van der Waals surface area contributed by atoms with E-state index in [9.17, 15) is 0 Å². The highest BCUT2D eigenvalue weighted by Gasteiger charge is 2.41. The molecular formula is C16H16N4O. The smallest absolute Gasteiger partial charge is 0.245 e. The molecule has 0 spiro atoms. The molecule has 106 valence electrons. The van der Waals surface area contributed by atoms with Crippen molar-refractivity contribution in [2.45, 2.75) is 31.9 Å². The summed E-state index contributed by atoms with van der Waals surface area (Å²) in [5.74, 6) is 0.590. The lowest BCUT2D eigenvalue weighted by Gasteiger charge is -2.11. The first-order chi connectivity index (χ1) is 10.2. The highest BCUT2D eigenvalue weighted by Crippen LogP contribution is 2.40. The fraction of sp³-hybridized carbons (Fsp3) is 0.312. The van der Waals surface area contributed by atoms with Gasteiger partial charge in [0.2, 0.25) is 5.88 Å². The lowest BCUT2D eigenvalue weighted by molar-refractivity contribution is 0.194. The lowest BCUT2D eigenvalue weighted by Crippen LogP contribution is -2.13. The molecule has 5 heteroatoms. The summed E-state index contributed by atoms with van der Waals surface area (Å²) in [6, 6.07) is 10.3. The first kappa shape index (κ1) is 12.3. The molecule has 0 saturated heterocycles. The maximum absolute atomic E-state index is 5.96. The van der Waals surface area contributed by atoms with Crippen LogP contribution in [0.3, 0.4) is 0 Å². The molecule has 1 fully saturated rings. The van der Waals surface area contributed by atoms with Gasteiger partial charge in [0.15, 0.2) is 11.2 Å². The summed E-state index contributed by atoms with van der Waals surface area (Å²) >= 11 is 0. The number of hydrogen-bond acceptors (Lipinski definition) is 4. The van der Waals surface area contributed by atoms with E-state index in [-0.39, 0.29) is 5.60 Å². The van der Waals surface area contributed by atoms with Gasteiger partial charge >= 0.3 is 0 Å². The minimum Gasteiger partial charge on any atom is -0.470 e. The van der Waals surface area contributed by atoms with E-state index in [4.69, 9.17) is 4.74 Å². The Morgan fingerprint density at radius 1 is 1.14 bits per heavy atom. The van der Waals surface area contributed by atoms with E-state index in [0.717, 1.165) is 30.6 Å². The number of benzene rings is 1. The number of imidazole rings is 1. The van der Waals surface area contributed by atoms with Gasteiger partial charge in [0.05, 0.1) is 12.9 Å². The standard InChI is InChI=1S/C16H16N4O/c1-16(7-8-16)21-15-13-14(17-10-18-15)20(11-19-13)9-12-5-3-2-4-6-12/h2-6,10-11H,7-9H2,1H3. The van der Waals surface area contributed by atoms with Crippen LogP contribution in [0.5, 0.6) is 5.88 Å². The average molecular weight is 280 g/mol. The third-order valence-electron chi connectivity index (χ3n) is 3.86. The first-order valence-electron chi connectivity index (χ1n) is 7.12. The van der Waals surface area contributed by atoms with Gasteiger partial charge in [0.1, 0.15) is 11.9 Å². The Balaban J connectivity index is 1.70. The summed E-state index contributed by atoms with van der Waals surface area (Å²) in [5.41, 5.74) is 2.70. The van der Waals surface area contributed by atoms with Crippen LogP contribution < -0.4 is 4.74 Å². The highest BCUT2D eigenvalue weighted by molar-refractivity contribution is 5.76. The van der Waals surface area contributed by atoms with Crippen LogP contribution in [0.1, 0.15) is 25.3 Å². The number of aromatic nitrogens is 4. The molecule has 0 radical (unpaired) electrons. The van der Waals surface area contributed by atoms with Crippen molar-refractivity contribution in [3.05, 3.63) is 48.5 Å². The second kappa shape index (κ2) is 4.55. The molecule has 5 nitrogen and oxygen atoms in total. The van der Waals surface area contributed by atoms with Crippen molar-refractivity contribution in [1.82, 2.24) is 19.5 Å². The minimum atomic E-state index is -0.0650. The van der Waals surface area contributed by atoms with Crippen molar-refractivity contribution in [2.24, 2.45) is 0 Å². The Morgan fingerprint density at radius 3 is 2.71 bits per heavy atom. The number of hydrogen-bond donors (Lipinski definition) is 0. The molecular weight excluding hydrogens is 264 g/mol. The second-order valence-electron chi connectivity index (χ2n) is 5.76. The normalized spacial score (nSPS) is 16.0. The Hall–Kier alpha value is -2.43. The van der Waals surface area contributed by atoms with E-state index in [1.807, 2.05) is 22.8 Å². The molecule has 1 aliphatic carbocycles. The molecule has 21 heavy (non-hydrogen) atoms. The molecule has 1 aromatic carbocycles. The molecule has 3 aromatic rings. The Bertz CT molecular complexity index is 777. The number of rotatable bonds is 4. The van der Waals surface area contributed by atoms with E-state index in [1.54, 1.807) is 12.7 Å².